The van der Waals surface area contributed by atoms with Gasteiger partial charge in [0.25, 0.3) is 5.91 Å². The number of hydrogen-bond acceptors (Lipinski definition) is 8. The molecule has 0 saturated heterocycles. The first-order chi connectivity index (χ1) is 20.2. The average molecular weight is 603 g/mol. The third-order valence-electron chi connectivity index (χ3n) is 6.28. The SMILES string of the molecule is CS(=O)(=O)c1ccc(Nc2nccc(-c3c(-c4cccc(NC(=O)c5c(F)cccc5F)c4)nc4sccn34)n2)cc1. The molecule has 2 N–H and O–H groups in total. The van der Waals surface area contributed by atoms with Crippen LogP contribution in [0.5, 0.6) is 0 Å². The fourth-order valence-corrected chi connectivity index (χ4v) is 5.69. The van der Waals surface area contributed by atoms with Crippen LogP contribution in [0, 0.1) is 11.6 Å². The van der Waals surface area contributed by atoms with Crippen molar-refractivity contribution in [2.45, 2.75) is 4.90 Å². The van der Waals surface area contributed by atoms with Gasteiger partial charge in [-0.3, -0.25) is 9.20 Å². The number of amides is 1. The maximum absolute atomic E-state index is 14.2. The molecule has 42 heavy (non-hydrogen) atoms. The standard InChI is InChI=1S/C29H20F2N6O3S2/c1-42(39,40)20-10-8-18(9-11-20)34-28-32-13-12-23(35-28)26-25(36-29-37(26)14-15-41-29)17-4-2-5-19(16-17)33-27(38)24-21(30)6-3-7-22(24)31/h2-16H,1H3,(H,33,38)(H,32,34,35). The summed E-state index contributed by atoms with van der Waals surface area (Å²) < 4.78 is 53.7. The Labute approximate surface area is 242 Å². The van der Waals surface area contributed by atoms with Gasteiger partial charge in [0.15, 0.2) is 14.8 Å². The minimum absolute atomic E-state index is 0.198. The van der Waals surface area contributed by atoms with Crippen molar-refractivity contribution in [2.24, 2.45) is 0 Å². The van der Waals surface area contributed by atoms with E-state index in [1.54, 1.807) is 48.7 Å². The quantitative estimate of drug-likeness (QED) is 0.223. The molecule has 6 aromatic rings. The predicted molar refractivity (Wildman–Crippen MR) is 157 cm³/mol. The summed E-state index contributed by atoms with van der Waals surface area (Å²) in [7, 11) is -3.33. The van der Waals surface area contributed by atoms with Crippen LogP contribution < -0.4 is 10.6 Å². The molecule has 0 aliphatic rings. The van der Waals surface area contributed by atoms with E-state index in [1.807, 2.05) is 16.0 Å². The second-order valence-electron chi connectivity index (χ2n) is 9.18. The molecule has 0 radical (unpaired) electrons. The molecule has 9 nitrogen and oxygen atoms in total. The van der Waals surface area contributed by atoms with Crippen LogP contribution in [0.1, 0.15) is 10.4 Å². The van der Waals surface area contributed by atoms with Gasteiger partial charge in [-0.25, -0.2) is 32.2 Å². The highest BCUT2D eigenvalue weighted by molar-refractivity contribution is 7.90. The number of imidazole rings is 1. The normalized spacial score (nSPS) is 11.5. The van der Waals surface area contributed by atoms with Gasteiger partial charge in [0.1, 0.15) is 22.9 Å². The van der Waals surface area contributed by atoms with Crippen LogP contribution in [0.2, 0.25) is 0 Å². The Bertz CT molecular complexity index is 2060. The lowest BCUT2D eigenvalue weighted by Crippen LogP contribution is -2.15. The number of rotatable bonds is 7. The van der Waals surface area contributed by atoms with Gasteiger partial charge in [-0.2, -0.15) is 0 Å². The smallest absolute Gasteiger partial charge is 0.261 e. The highest BCUT2D eigenvalue weighted by Crippen LogP contribution is 2.35. The molecule has 1 amide bonds. The van der Waals surface area contributed by atoms with Crippen molar-refractivity contribution in [3.8, 4) is 22.6 Å². The van der Waals surface area contributed by atoms with Gasteiger partial charge in [-0.05, 0) is 54.6 Å². The number of benzene rings is 3. The first-order valence-electron chi connectivity index (χ1n) is 12.4. The molecule has 0 spiro atoms. The molecule has 13 heteroatoms. The summed E-state index contributed by atoms with van der Waals surface area (Å²) >= 11 is 1.43. The Hall–Kier alpha value is -5.01. The Morgan fingerprint density at radius 1 is 0.929 bits per heavy atom. The number of hydrogen-bond donors (Lipinski definition) is 2. The fraction of sp³-hybridized carbons (Fsp3) is 0.0345. The number of fused-ring (bicyclic) bond motifs is 1. The van der Waals surface area contributed by atoms with Gasteiger partial charge in [-0.1, -0.05) is 18.2 Å². The zero-order valence-electron chi connectivity index (χ0n) is 21.7. The Morgan fingerprint density at radius 3 is 2.40 bits per heavy atom. The summed E-state index contributed by atoms with van der Waals surface area (Å²) in [6.45, 7) is 0. The van der Waals surface area contributed by atoms with Crippen molar-refractivity contribution in [2.75, 3.05) is 16.9 Å². The maximum atomic E-state index is 14.2. The molecule has 0 saturated carbocycles. The van der Waals surface area contributed by atoms with Crippen LogP contribution in [0.15, 0.2) is 95.5 Å². The monoisotopic (exact) mass is 602 g/mol. The van der Waals surface area contributed by atoms with Crippen LogP contribution in [-0.4, -0.2) is 39.9 Å². The largest absolute Gasteiger partial charge is 0.324 e. The number of aromatic nitrogens is 4. The predicted octanol–water partition coefficient (Wildman–Crippen LogP) is 6.20. The number of anilines is 3. The van der Waals surface area contributed by atoms with Crippen LogP contribution in [0.3, 0.4) is 0 Å². The molecule has 0 aliphatic heterocycles. The highest BCUT2D eigenvalue weighted by atomic mass is 32.2. The molecule has 0 atom stereocenters. The van der Waals surface area contributed by atoms with E-state index in [-0.39, 0.29) is 10.8 Å². The molecule has 0 aliphatic carbocycles. The van der Waals surface area contributed by atoms with Crippen molar-refractivity contribution in [3.63, 3.8) is 0 Å². The van der Waals surface area contributed by atoms with Crippen LogP contribution >= 0.6 is 11.3 Å². The number of thiazole rings is 1. The van der Waals surface area contributed by atoms with Gasteiger partial charge in [0.05, 0.1) is 16.3 Å². The second kappa shape index (κ2) is 10.8. The summed E-state index contributed by atoms with van der Waals surface area (Å²) in [5, 5.41) is 7.54. The topological polar surface area (TPSA) is 118 Å². The van der Waals surface area contributed by atoms with Crippen molar-refractivity contribution in [1.29, 1.82) is 0 Å². The number of sulfone groups is 1. The number of nitrogens with one attached hydrogen (secondary N) is 2. The summed E-state index contributed by atoms with van der Waals surface area (Å²) in [6, 6.07) is 18.0. The van der Waals surface area contributed by atoms with Crippen LogP contribution in [0.4, 0.5) is 26.1 Å². The van der Waals surface area contributed by atoms with E-state index in [1.165, 1.54) is 29.5 Å². The van der Waals surface area contributed by atoms with E-state index in [0.29, 0.717) is 39.0 Å². The van der Waals surface area contributed by atoms with Gasteiger partial charge < -0.3 is 10.6 Å². The molecule has 3 aromatic heterocycles. The summed E-state index contributed by atoms with van der Waals surface area (Å²) in [5.41, 5.74) is 2.66. The van der Waals surface area contributed by atoms with E-state index in [2.05, 4.69) is 20.6 Å². The highest BCUT2D eigenvalue weighted by Gasteiger charge is 2.21. The molecule has 6 rings (SSSR count). The maximum Gasteiger partial charge on any atom is 0.261 e. The lowest BCUT2D eigenvalue weighted by molar-refractivity contribution is 0.101. The number of carbonyl (C=O) groups excluding carboxylic acids is 1. The molecule has 3 aromatic carbocycles. The molecule has 210 valence electrons. The van der Waals surface area contributed by atoms with E-state index in [9.17, 15) is 22.0 Å². The minimum atomic E-state index is -3.33. The van der Waals surface area contributed by atoms with E-state index >= 15 is 0 Å². The lowest BCUT2D eigenvalue weighted by atomic mass is 10.1. The van der Waals surface area contributed by atoms with Crippen LogP contribution in [-0.2, 0) is 9.84 Å². The van der Waals surface area contributed by atoms with E-state index in [0.717, 1.165) is 18.4 Å². The van der Waals surface area contributed by atoms with E-state index < -0.39 is 32.9 Å². The molecular formula is C29H20F2N6O3S2. The van der Waals surface area contributed by atoms with Gasteiger partial charge in [0, 0.05) is 41.0 Å². The average Bonchev–Trinajstić information content (AvgIpc) is 3.55. The van der Waals surface area contributed by atoms with E-state index in [4.69, 9.17) is 4.98 Å². The second-order valence-corrected chi connectivity index (χ2v) is 12.1. The lowest BCUT2D eigenvalue weighted by Gasteiger charge is -2.10. The first-order valence-corrected chi connectivity index (χ1v) is 15.2. The Morgan fingerprint density at radius 2 is 1.67 bits per heavy atom. The van der Waals surface area contributed by atoms with Crippen molar-refractivity contribution in [3.05, 3.63) is 108 Å². The fourth-order valence-electron chi connectivity index (χ4n) is 4.35. The zero-order chi connectivity index (χ0) is 29.4. The molecule has 0 bridgehead atoms. The minimum Gasteiger partial charge on any atom is -0.324 e. The summed E-state index contributed by atoms with van der Waals surface area (Å²) in [4.78, 5) is 27.3. The third-order valence-corrected chi connectivity index (χ3v) is 8.17. The summed E-state index contributed by atoms with van der Waals surface area (Å²) in [6.07, 6.45) is 4.59. The Kier molecular flexibility index (Phi) is 6.96. The molecule has 0 fully saturated rings. The molecule has 0 unspecified atom stereocenters. The molecular weight excluding hydrogens is 582 g/mol. The Balaban J connectivity index is 1.34. The van der Waals surface area contributed by atoms with Crippen molar-refractivity contribution < 1.29 is 22.0 Å². The van der Waals surface area contributed by atoms with Crippen molar-refractivity contribution >= 4 is 49.4 Å². The zero-order valence-corrected chi connectivity index (χ0v) is 23.4. The van der Waals surface area contributed by atoms with Gasteiger partial charge in [0.2, 0.25) is 5.95 Å². The van der Waals surface area contributed by atoms with Crippen LogP contribution in [0.25, 0.3) is 27.6 Å². The number of carbonyl (C=O) groups is 1. The van der Waals surface area contributed by atoms with Crippen molar-refractivity contribution in [1.82, 2.24) is 19.4 Å². The molecule has 3 heterocycles. The first kappa shape index (κ1) is 27.2. The summed E-state index contributed by atoms with van der Waals surface area (Å²) in [5.74, 6) is -2.55. The number of nitrogens with zero attached hydrogens (tertiary/aromatic N) is 4. The van der Waals surface area contributed by atoms with Gasteiger partial charge in [-0.15, -0.1) is 11.3 Å². The third kappa shape index (κ3) is 5.34. The number of halogens is 2. The van der Waals surface area contributed by atoms with Gasteiger partial charge >= 0.3 is 0 Å².